The summed E-state index contributed by atoms with van der Waals surface area (Å²) < 4.78 is 1.27. The third-order valence-electron chi connectivity index (χ3n) is 7.06. The molecule has 230 valence electrons. The fourth-order valence-corrected chi connectivity index (χ4v) is 5.09. The molecule has 0 aliphatic rings. The molecule has 3 amide bonds. The number of aromatic nitrogens is 3. The number of benzene rings is 2. The topological polar surface area (TPSA) is 121 Å². The van der Waals surface area contributed by atoms with Gasteiger partial charge in [0.25, 0.3) is 11.5 Å². The standard InChI is InChI=1S/C32H35Cl2N7O3/c1-4-40(5-2)15-9-14-36-30(42)24-13-8-11-22(17-24)21-10-7-12-23(16-21)27-18-28(31(43)41(6-3)39-27)37-32(44)38-29-25(33)19-35-20-26(29)34/h7-8,10-13,16-20H,4-6,9,14-15H2,1-3H3,(H,36,42)(H2,35,37,38,44). The van der Waals surface area contributed by atoms with Crippen molar-refractivity contribution in [2.24, 2.45) is 0 Å². The SMILES string of the molecule is CCN(CC)CCCNC(=O)c1cccc(-c2cccc(-c3cc(NC(=O)Nc4c(Cl)cncc4Cl)c(=O)n(CC)n3)c2)c1. The molecule has 0 atom stereocenters. The van der Waals surface area contributed by atoms with E-state index >= 15 is 0 Å². The van der Waals surface area contributed by atoms with E-state index in [9.17, 15) is 14.4 Å². The molecule has 0 saturated carbocycles. The highest BCUT2D eigenvalue weighted by Crippen LogP contribution is 2.29. The van der Waals surface area contributed by atoms with Crippen LogP contribution in [0.1, 0.15) is 37.6 Å². The first-order valence-electron chi connectivity index (χ1n) is 14.4. The van der Waals surface area contributed by atoms with Gasteiger partial charge in [0, 0.05) is 36.6 Å². The van der Waals surface area contributed by atoms with Crippen LogP contribution in [0.15, 0.2) is 71.8 Å². The first-order chi connectivity index (χ1) is 21.2. The molecule has 0 radical (unpaired) electrons. The van der Waals surface area contributed by atoms with E-state index in [1.807, 2.05) is 42.5 Å². The number of rotatable bonds is 12. The van der Waals surface area contributed by atoms with Gasteiger partial charge in [-0.2, -0.15) is 5.10 Å². The lowest BCUT2D eigenvalue weighted by molar-refractivity contribution is 0.0952. The number of amides is 3. The van der Waals surface area contributed by atoms with Gasteiger partial charge in [-0.3, -0.25) is 14.6 Å². The molecule has 4 rings (SSSR count). The van der Waals surface area contributed by atoms with Crippen molar-refractivity contribution in [1.29, 1.82) is 0 Å². The molecular formula is C32H35Cl2N7O3. The van der Waals surface area contributed by atoms with Crippen LogP contribution in [-0.2, 0) is 6.54 Å². The van der Waals surface area contributed by atoms with Gasteiger partial charge in [-0.05, 0) is 68.4 Å². The highest BCUT2D eigenvalue weighted by Gasteiger charge is 2.16. The molecule has 10 nitrogen and oxygen atoms in total. The van der Waals surface area contributed by atoms with Gasteiger partial charge < -0.3 is 20.9 Å². The second kappa shape index (κ2) is 15.5. The molecule has 4 aromatic rings. The van der Waals surface area contributed by atoms with Crippen molar-refractivity contribution in [3.05, 3.63) is 93.0 Å². The van der Waals surface area contributed by atoms with Crippen molar-refractivity contribution in [1.82, 2.24) is 25.0 Å². The number of nitrogens with one attached hydrogen (secondary N) is 3. The summed E-state index contributed by atoms with van der Waals surface area (Å²) in [6.07, 6.45) is 3.58. The Bertz CT molecular complexity index is 1670. The van der Waals surface area contributed by atoms with Gasteiger partial charge in [-0.1, -0.05) is 67.4 Å². The Labute approximate surface area is 266 Å². The molecule has 0 spiro atoms. The lowest BCUT2D eigenvalue weighted by Gasteiger charge is -2.17. The minimum atomic E-state index is -0.700. The van der Waals surface area contributed by atoms with Crippen LogP contribution in [0.5, 0.6) is 0 Å². The Kier molecular flexibility index (Phi) is 11.5. The van der Waals surface area contributed by atoms with E-state index in [-0.39, 0.29) is 33.9 Å². The van der Waals surface area contributed by atoms with Crippen LogP contribution in [-0.4, -0.2) is 57.8 Å². The Morgan fingerprint density at radius 2 is 1.55 bits per heavy atom. The Morgan fingerprint density at radius 3 is 2.23 bits per heavy atom. The van der Waals surface area contributed by atoms with Crippen molar-refractivity contribution in [3.8, 4) is 22.4 Å². The summed E-state index contributed by atoms with van der Waals surface area (Å²) in [6, 6.07) is 15.9. The Balaban J connectivity index is 1.54. The number of hydrogen-bond donors (Lipinski definition) is 3. The molecule has 0 fully saturated rings. The molecule has 2 heterocycles. The fraction of sp³-hybridized carbons (Fsp3) is 0.281. The summed E-state index contributed by atoms with van der Waals surface area (Å²) in [5, 5.41) is 13.0. The molecule has 2 aromatic carbocycles. The molecule has 0 saturated heterocycles. The highest BCUT2D eigenvalue weighted by molar-refractivity contribution is 6.39. The maximum atomic E-state index is 13.0. The van der Waals surface area contributed by atoms with Crippen LogP contribution < -0.4 is 21.5 Å². The number of halogens is 2. The van der Waals surface area contributed by atoms with Gasteiger partial charge in [0.1, 0.15) is 5.69 Å². The van der Waals surface area contributed by atoms with Crippen molar-refractivity contribution < 1.29 is 9.59 Å². The zero-order valence-corrected chi connectivity index (χ0v) is 26.4. The first-order valence-corrected chi connectivity index (χ1v) is 15.2. The number of aryl methyl sites for hydroxylation is 1. The van der Waals surface area contributed by atoms with E-state index in [0.29, 0.717) is 17.8 Å². The maximum absolute atomic E-state index is 13.0. The first kappa shape index (κ1) is 32.7. The van der Waals surface area contributed by atoms with E-state index < -0.39 is 11.6 Å². The summed E-state index contributed by atoms with van der Waals surface area (Å²) in [4.78, 5) is 44.8. The third-order valence-corrected chi connectivity index (χ3v) is 7.63. The van der Waals surface area contributed by atoms with E-state index in [4.69, 9.17) is 23.2 Å². The lowest BCUT2D eigenvalue weighted by Crippen LogP contribution is -2.29. The number of carbonyl (C=O) groups excluding carboxylic acids is 2. The van der Waals surface area contributed by atoms with Crippen LogP contribution in [0, 0.1) is 0 Å². The van der Waals surface area contributed by atoms with Gasteiger partial charge in [0.15, 0.2) is 0 Å². The van der Waals surface area contributed by atoms with Gasteiger partial charge in [-0.25, -0.2) is 9.48 Å². The van der Waals surface area contributed by atoms with Crippen LogP contribution in [0.3, 0.4) is 0 Å². The fourth-order valence-electron chi connectivity index (χ4n) is 4.63. The van der Waals surface area contributed by atoms with Gasteiger partial charge >= 0.3 is 6.03 Å². The molecule has 2 aromatic heterocycles. The molecule has 0 bridgehead atoms. The van der Waals surface area contributed by atoms with Crippen LogP contribution in [0.2, 0.25) is 10.0 Å². The molecule has 0 unspecified atom stereocenters. The van der Waals surface area contributed by atoms with Gasteiger partial charge in [0.2, 0.25) is 0 Å². The molecule has 0 aliphatic carbocycles. The average Bonchev–Trinajstić information content (AvgIpc) is 3.04. The summed E-state index contributed by atoms with van der Waals surface area (Å²) in [6.45, 7) is 9.86. The minimum Gasteiger partial charge on any atom is -0.352 e. The summed E-state index contributed by atoms with van der Waals surface area (Å²) in [7, 11) is 0. The largest absolute Gasteiger partial charge is 0.352 e. The summed E-state index contributed by atoms with van der Waals surface area (Å²) in [5.41, 5.74) is 3.23. The van der Waals surface area contributed by atoms with Crippen LogP contribution in [0.25, 0.3) is 22.4 Å². The van der Waals surface area contributed by atoms with Crippen molar-refractivity contribution in [2.45, 2.75) is 33.7 Å². The number of anilines is 2. The Hall–Kier alpha value is -4.25. The van der Waals surface area contributed by atoms with Crippen molar-refractivity contribution >= 4 is 46.5 Å². The van der Waals surface area contributed by atoms with Crippen molar-refractivity contribution in [2.75, 3.05) is 36.8 Å². The Morgan fingerprint density at radius 1 is 0.886 bits per heavy atom. The average molecular weight is 637 g/mol. The predicted octanol–water partition coefficient (Wildman–Crippen LogP) is 6.40. The summed E-state index contributed by atoms with van der Waals surface area (Å²) >= 11 is 12.2. The maximum Gasteiger partial charge on any atom is 0.323 e. The number of nitrogens with zero attached hydrogens (tertiary/aromatic N) is 4. The molecule has 44 heavy (non-hydrogen) atoms. The smallest absolute Gasteiger partial charge is 0.323 e. The van der Waals surface area contributed by atoms with Gasteiger partial charge in [-0.15, -0.1) is 0 Å². The van der Waals surface area contributed by atoms with E-state index in [1.54, 1.807) is 13.0 Å². The lowest BCUT2D eigenvalue weighted by atomic mass is 9.99. The highest BCUT2D eigenvalue weighted by atomic mass is 35.5. The van der Waals surface area contributed by atoms with Gasteiger partial charge in [0.05, 0.1) is 21.4 Å². The predicted molar refractivity (Wildman–Crippen MR) is 177 cm³/mol. The zero-order chi connectivity index (χ0) is 31.6. The minimum absolute atomic E-state index is 0.0284. The van der Waals surface area contributed by atoms with E-state index in [1.165, 1.54) is 23.1 Å². The second-order valence-corrected chi connectivity index (χ2v) is 10.7. The monoisotopic (exact) mass is 635 g/mol. The quantitative estimate of drug-likeness (QED) is 0.155. The molecule has 3 N–H and O–H groups in total. The second-order valence-electron chi connectivity index (χ2n) is 9.92. The number of pyridine rings is 1. The summed E-state index contributed by atoms with van der Waals surface area (Å²) in [5.74, 6) is -0.123. The molecule has 12 heteroatoms. The van der Waals surface area contributed by atoms with Crippen molar-refractivity contribution in [3.63, 3.8) is 0 Å². The van der Waals surface area contributed by atoms with E-state index in [0.717, 1.165) is 42.7 Å². The van der Waals surface area contributed by atoms with Crippen LogP contribution >= 0.6 is 23.2 Å². The molecular weight excluding hydrogens is 601 g/mol. The van der Waals surface area contributed by atoms with Crippen LogP contribution in [0.4, 0.5) is 16.2 Å². The normalized spacial score (nSPS) is 11.0. The number of carbonyl (C=O) groups is 2. The number of hydrogen-bond acceptors (Lipinski definition) is 6. The third kappa shape index (κ3) is 8.22. The number of urea groups is 1. The molecule has 0 aliphatic heterocycles. The van der Waals surface area contributed by atoms with E-state index in [2.05, 4.69) is 44.8 Å². The zero-order valence-electron chi connectivity index (χ0n) is 24.9.